The van der Waals surface area contributed by atoms with Crippen molar-refractivity contribution in [3.8, 4) is 22.9 Å². The van der Waals surface area contributed by atoms with Gasteiger partial charge in [0.15, 0.2) is 11.6 Å². The number of amides is 3. The van der Waals surface area contributed by atoms with Gasteiger partial charge in [-0.25, -0.2) is 13.6 Å². The van der Waals surface area contributed by atoms with E-state index >= 15 is 0 Å². The Kier molecular flexibility index (Phi) is 9.94. The van der Waals surface area contributed by atoms with E-state index < -0.39 is 29.2 Å². The summed E-state index contributed by atoms with van der Waals surface area (Å²) in [6, 6.07) is 12.6. The second-order valence-electron chi connectivity index (χ2n) is 10.9. The summed E-state index contributed by atoms with van der Waals surface area (Å²) < 4.78 is 39.6. The lowest BCUT2D eigenvalue weighted by atomic mass is 10.1. The number of aromatic amines is 1. The van der Waals surface area contributed by atoms with Gasteiger partial charge in [0.25, 0.3) is 11.8 Å². The average Bonchev–Trinajstić information content (AvgIpc) is 3.46. The Morgan fingerprint density at radius 1 is 0.886 bits per heavy atom. The third kappa shape index (κ3) is 8.87. The molecule has 0 fully saturated rings. The number of hydrogen-bond acceptors (Lipinski definition) is 6. The second-order valence-corrected chi connectivity index (χ2v) is 10.9. The lowest BCUT2D eigenvalue weighted by molar-refractivity contribution is 0.0527. The predicted molar refractivity (Wildman–Crippen MR) is 161 cm³/mol. The van der Waals surface area contributed by atoms with Crippen molar-refractivity contribution in [2.45, 2.75) is 39.7 Å². The molecule has 4 aromatic rings. The Hall–Kier alpha value is -5.26. The summed E-state index contributed by atoms with van der Waals surface area (Å²) in [6.45, 7) is 7.76. The number of carbonyl (C=O) groups is 3. The van der Waals surface area contributed by atoms with E-state index in [1.807, 2.05) is 0 Å². The number of alkyl carbamates (subject to hydrolysis) is 1. The van der Waals surface area contributed by atoms with E-state index in [0.29, 0.717) is 36.5 Å². The summed E-state index contributed by atoms with van der Waals surface area (Å²) in [7, 11) is 0. The highest BCUT2D eigenvalue weighted by Crippen LogP contribution is 2.29. The Labute approximate surface area is 253 Å². The standard InChI is InChI=1S/C32H33F2N5O5/c1-19-6-8-23(33)25(14-19)39-30(41)20-7-9-24(34)28(16-20)43-22-10-13-35-27(17-22)26-15-21(18-38-26)29(40)36-11-5-12-37-31(42)44-32(2,3)4/h6-10,13-18,38H,5,11-12H2,1-4H3,(H,36,40)(H,37,42)(H,39,41). The number of aromatic nitrogens is 2. The maximum Gasteiger partial charge on any atom is 0.407 e. The number of anilines is 1. The van der Waals surface area contributed by atoms with E-state index in [1.54, 1.807) is 45.9 Å². The number of pyridine rings is 1. The molecule has 0 saturated heterocycles. The molecule has 0 saturated carbocycles. The molecule has 0 radical (unpaired) electrons. The van der Waals surface area contributed by atoms with Crippen LogP contribution in [0.25, 0.3) is 11.4 Å². The van der Waals surface area contributed by atoms with Crippen LogP contribution in [0.15, 0.2) is 67.0 Å². The third-order valence-corrected chi connectivity index (χ3v) is 6.05. The average molecular weight is 606 g/mol. The summed E-state index contributed by atoms with van der Waals surface area (Å²) in [6.07, 6.45) is 2.97. The fraction of sp³-hybridized carbons (Fsp3) is 0.250. The Bertz CT molecular complexity index is 1660. The molecule has 0 aliphatic rings. The smallest absolute Gasteiger partial charge is 0.407 e. The zero-order valence-corrected chi connectivity index (χ0v) is 24.7. The number of nitrogens with zero attached hydrogens (tertiary/aromatic N) is 1. The molecule has 4 N–H and O–H groups in total. The molecule has 44 heavy (non-hydrogen) atoms. The lowest BCUT2D eigenvalue weighted by Crippen LogP contribution is -2.34. The number of benzene rings is 2. The highest BCUT2D eigenvalue weighted by Gasteiger charge is 2.17. The van der Waals surface area contributed by atoms with E-state index in [0.717, 1.165) is 11.6 Å². The van der Waals surface area contributed by atoms with Crippen LogP contribution in [0.2, 0.25) is 0 Å². The number of nitrogens with one attached hydrogen (secondary N) is 4. The van der Waals surface area contributed by atoms with Gasteiger partial charge in [-0.05, 0) is 82.1 Å². The highest BCUT2D eigenvalue weighted by atomic mass is 19.1. The van der Waals surface area contributed by atoms with Gasteiger partial charge in [0.1, 0.15) is 17.2 Å². The van der Waals surface area contributed by atoms with Crippen LogP contribution in [0.5, 0.6) is 11.5 Å². The lowest BCUT2D eigenvalue weighted by Gasteiger charge is -2.19. The molecular weight excluding hydrogens is 572 g/mol. The summed E-state index contributed by atoms with van der Waals surface area (Å²) >= 11 is 0. The number of H-pyrrole nitrogens is 1. The van der Waals surface area contributed by atoms with Gasteiger partial charge in [-0.3, -0.25) is 14.6 Å². The number of halogens is 2. The van der Waals surface area contributed by atoms with Crippen molar-refractivity contribution >= 4 is 23.6 Å². The fourth-order valence-corrected chi connectivity index (χ4v) is 3.97. The minimum absolute atomic E-state index is 0.00905. The van der Waals surface area contributed by atoms with Gasteiger partial charge < -0.3 is 30.4 Å². The molecule has 0 aliphatic carbocycles. The molecule has 2 heterocycles. The summed E-state index contributed by atoms with van der Waals surface area (Å²) in [5.41, 5.74) is 1.55. The van der Waals surface area contributed by atoms with Gasteiger partial charge in [0.05, 0.1) is 22.6 Å². The molecule has 10 nitrogen and oxygen atoms in total. The van der Waals surface area contributed by atoms with Crippen molar-refractivity contribution in [2.75, 3.05) is 18.4 Å². The van der Waals surface area contributed by atoms with Crippen LogP contribution in [0.1, 0.15) is 53.5 Å². The van der Waals surface area contributed by atoms with E-state index in [-0.39, 0.29) is 28.7 Å². The van der Waals surface area contributed by atoms with Gasteiger partial charge in [-0.1, -0.05) is 6.07 Å². The molecule has 0 spiro atoms. The molecule has 3 amide bonds. The first-order valence-electron chi connectivity index (χ1n) is 13.8. The van der Waals surface area contributed by atoms with Crippen LogP contribution < -0.4 is 20.7 Å². The van der Waals surface area contributed by atoms with Gasteiger partial charge in [0, 0.05) is 37.1 Å². The zero-order chi connectivity index (χ0) is 31.9. The van der Waals surface area contributed by atoms with Crippen LogP contribution in [-0.2, 0) is 4.74 Å². The van der Waals surface area contributed by atoms with Gasteiger partial charge in [0.2, 0.25) is 0 Å². The maximum atomic E-state index is 14.6. The molecule has 12 heteroatoms. The van der Waals surface area contributed by atoms with Crippen LogP contribution >= 0.6 is 0 Å². The number of rotatable bonds is 10. The van der Waals surface area contributed by atoms with Crippen molar-refractivity contribution in [2.24, 2.45) is 0 Å². The van der Waals surface area contributed by atoms with Gasteiger partial charge >= 0.3 is 6.09 Å². The molecule has 0 unspecified atom stereocenters. The quantitative estimate of drug-likeness (QED) is 0.156. The van der Waals surface area contributed by atoms with Gasteiger partial charge in [-0.2, -0.15) is 0 Å². The maximum absolute atomic E-state index is 14.6. The third-order valence-electron chi connectivity index (χ3n) is 6.05. The Morgan fingerprint density at radius 2 is 1.64 bits per heavy atom. The van der Waals surface area contributed by atoms with Crippen LogP contribution in [-0.4, -0.2) is 46.6 Å². The summed E-state index contributed by atoms with van der Waals surface area (Å²) in [5.74, 6) is -2.24. The monoisotopic (exact) mass is 605 g/mol. The van der Waals surface area contributed by atoms with Crippen LogP contribution in [0.3, 0.4) is 0 Å². The zero-order valence-electron chi connectivity index (χ0n) is 24.7. The molecule has 2 aromatic carbocycles. The molecule has 230 valence electrons. The normalized spacial score (nSPS) is 11.0. The largest absolute Gasteiger partial charge is 0.454 e. The molecule has 0 bridgehead atoms. The molecular formula is C32H33F2N5O5. The number of carbonyl (C=O) groups excluding carboxylic acids is 3. The van der Waals surface area contributed by atoms with Crippen molar-refractivity contribution in [1.29, 1.82) is 0 Å². The minimum atomic E-state index is -0.707. The number of hydrogen-bond donors (Lipinski definition) is 4. The SMILES string of the molecule is Cc1ccc(F)c(NC(=O)c2ccc(F)c(Oc3ccnc(-c4cc(C(=O)NCCCNC(=O)OC(C)(C)C)c[nH]4)c3)c2)c1. The van der Waals surface area contributed by atoms with Gasteiger partial charge in [-0.15, -0.1) is 0 Å². The first-order valence-corrected chi connectivity index (χ1v) is 13.8. The van der Waals surface area contributed by atoms with Crippen molar-refractivity contribution in [1.82, 2.24) is 20.6 Å². The van der Waals surface area contributed by atoms with E-state index in [4.69, 9.17) is 9.47 Å². The first kappa shape index (κ1) is 31.7. The second kappa shape index (κ2) is 13.8. The molecule has 4 rings (SSSR count). The van der Waals surface area contributed by atoms with Crippen molar-refractivity contribution < 1.29 is 32.6 Å². The number of ether oxygens (including phenoxy) is 2. The fourth-order valence-electron chi connectivity index (χ4n) is 3.97. The predicted octanol–water partition coefficient (Wildman–Crippen LogP) is 6.35. The first-order chi connectivity index (χ1) is 20.9. The molecule has 0 aliphatic heterocycles. The summed E-state index contributed by atoms with van der Waals surface area (Å²) in [4.78, 5) is 44.3. The highest BCUT2D eigenvalue weighted by molar-refractivity contribution is 6.04. The van der Waals surface area contributed by atoms with E-state index in [9.17, 15) is 23.2 Å². The Morgan fingerprint density at radius 3 is 2.41 bits per heavy atom. The van der Waals surface area contributed by atoms with E-state index in [2.05, 4.69) is 25.9 Å². The topological polar surface area (TPSA) is 134 Å². The number of aryl methyl sites for hydroxylation is 1. The molecule has 2 aromatic heterocycles. The van der Waals surface area contributed by atoms with Crippen molar-refractivity contribution in [3.05, 3.63) is 95.3 Å². The van der Waals surface area contributed by atoms with E-state index in [1.165, 1.54) is 42.7 Å². The summed E-state index contributed by atoms with van der Waals surface area (Å²) in [5, 5.41) is 7.90. The minimum Gasteiger partial charge on any atom is -0.454 e. The van der Waals surface area contributed by atoms with Crippen LogP contribution in [0, 0.1) is 18.6 Å². The Balaban J connectivity index is 1.35. The van der Waals surface area contributed by atoms with Crippen LogP contribution in [0.4, 0.5) is 19.3 Å². The van der Waals surface area contributed by atoms with Crippen molar-refractivity contribution in [3.63, 3.8) is 0 Å². The molecule has 0 atom stereocenters.